The second-order valence-corrected chi connectivity index (χ2v) is 10.8. The van der Waals surface area contributed by atoms with Crippen LogP contribution in [-0.4, -0.2) is 50.6 Å². The van der Waals surface area contributed by atoms with E-state index in [1.807, 2.05) is 17.7 Å². The Hall–Kier alpha value is -3.94. The quantitative estimate of drug-likeness (QED) is 0.246. The maximum absolute atomic E-state index is 13.3. The topological polar surface area (TPSA) is 89.9 Å². The van der Waals surface area contributed by atoms with Gasteiger partial charge in [0.2, 0.25) is 0 Å². The molecule has 11 heteroatoms. The molecule has 2 aromatic carbocycles. The van der Waals surface area contributed by atoms with Gasteiger partial charge in [-0.1, -0.05) is 29.7 Å². The van der Waals surface area contributed by atoms with Gasteiger partial charge in [0.25, 0.3) is 0 Å². The van der Waals surface area contributed by atoms with Gasteiger partial charge in [0.15, 0.2) is 11.4 Å². The lowest BCUT2D eigenvalue weighted by atomic mass is 9.97. The van der Waals surface area contributed by atoms with Crippen LogP contribution in [0, 0.1) is 24.7 Å². The van der Waals surface area contributed by atoms with Gasteiger partial charge in [-0.05, 0) is 87.1 Å². The molecule has 2 N–H and O–H groups in total. The van der Waals surface area contributed by atoms with Crippen molar-refractivity contribution in [1.29, 1.82) is 0 Å². The molecule has 1 aliphatic heterocycles. The molecule has 4 aromatic rings. The molecule has 1 aliphatic rings. The predicted molar refractivity (Wildman–Crippen MR) is 152 cm³/mol. The molecule has 0 spiro atoms. The number of likely N-dealkylation sites (tertiary alicyclic amines) is 1. The first-order chi connectivity index (χ1) is 19.5. The van der Waals surface area contributed by atoms with E-state index in [2.05, 4.69) is 33.8 Å². The SMILES string of the molecule is Cc1ccc(CC(=O)c2ccc(Cl)c(C(F)(F)F)c2)cc1C#Cc1nn(CC2CCN(C)CC2)c2ncnc(N)c12. The molecular weight excluding hydrogens is 553 g/mol. The summed E-state index contributed by atoms with van der Waals surface area (Å²) in [6, 6.07) is 8.53. The third-order valence-corrected chi connectivity index (χ3v) is 7.73. The summed E-state index contributed by atoms with van der Waals surface area (Å²) in [6.07, 6.45) is -1.19. The van der Waals surface area contributed by atoms with E-state index >= 15 is 0 Å². The molecule has 0 unspecified atom stereocenters. The highest BCUT2D eigenvalue weighted by Crippen LogP contribution is 2.35. The number of anilines is 1. The zero-order valence-electron chi connectivity index (χ0n) is 22.6. The number of alkyl halides is 3. The molecule has 2 aromatic heterocycles. The van der Waals surface area contributed by atoms with Gasteiger partial charge < -0.3 is 10.6 Å². The van der Waals surface area contributed by atoms with Crippen molar-refractivity contribution in [1.82, 2.24) is 24.6 Å². The minimum Gasteiger partial charge on any atom is -0.383 e. The molecule has 3 heterocycles. The highest BCUT2D eigenvalue weighted by Gasteiger charge is 2.33. The molecule has 1 fully saturated rings. The van der Waals surface area contributed by atoms with Crippen LogP contribution >= 0.6 is 11.6 Å². The minimum absolute atomic E-state index is 0.0629. The molecule has 0 bridgehead atoms. The molecule has 0 amide bonds. The molecule has 212 valence electrons. The summed E-state index contributed by atoms with van der Waals surface area (Å²) in [5.41, 5.74) is 8.37. The number of hydrogen-bond donors (Lipinski definition) is 1. The van der Waals surface area contributed by atoms with Crippen LogP contribution in [0.3, 0.4) is 0 Å². The molecule has 41 heavy (non-hydrogen) atoms. The van der Waals surface area contributed by atoms with Gasteiger partial charge in [-0.25, -0.2) is 14.6 Å². The smallest absolute Gasteiger partial charge is 0.383 e. The van der Waals surface area contributed by atoms with E-state index in [1.54, 1.807) is 12.1 Å². The monoisotopic (exact) mass is 580 g/mol. The van der Waals surface area contributed by atoms with Gasteiger partial charge in [-0.3, -0.25) is 4.79 Å². The molecule has 1 saturated heterocycles. The molecule has 0 saturated carbocycles. The van der Waals surface area contributed by atoms with Crippen LogP contribution in [0.2, 0.25) is 5.02 Å². The summed E-state index contributed by atoms with van der Waals surface area (Å²) in [5, 5.41) is 4.89. The summed E-state index contributed by atoms with van der Waals surface area (Å²) in [7, 11) is 2.12. The molecule has 5 rings (SSSR count). The number of nitrogens with two attached hydrogens (primary N) is 1. The molecule has 0 aliphatic carbocycles. The zero-order chi connectivity index (χ0) is 29.3. The highest BCUT2D eigenvalue weighted by atomic mass is 35.5. The second-order valence-electron chi connectivity index (χ2n) is 10.4. The first-order valence-corrected chi connectivity index (χ1v) is 13.5. The van der Waals surface area contributed by atoms with Crippen molar-refractivity contribution in [3.05, 3.63) is 81.3 Å². The van der Waals surface area contributed by atoms with Crippen LogP contribution in [0.4, 0.5) is 19.0 Å². The van der Waals surface area contributed by atoms with Crippen molar-refractivity contribution in [3.63, 3.8) is 0 Å². The highest BCUT2D eigenvalue weighted by molar-refractivity contribution is 6.31. The number of carbonyl (C=O) groups excluding carboxylic acids is 1. The number of halogens is 4. The number of carbonyl (C=O) groups is 1. The number of rotatable bonds is 5. The Morgan fingerprint density at radius 3 is 2.61 bits per heavy atom. The van der Waals surface area contributed by atoms with Crippen molar-refractivity contribution < 1.29 is 18.0 Å². The summed E-state index contributed by atoms with van der Waals surface area (Å²) < 4.78 is 41.6. The predicted octanol–water partition coefficient (Wildman–Crippen LogP) is 5.56. The average Bonchev–Trinajstić information content (AvgIpc) is 3.28. The Labute approximate surface area is 240 Å². The molecule has 0 atom stereocenters. The maximum atomic E-state index is 13.3. The van der Waals surface area contributed by atoms with Gasteiger partial charge in [0.05, 0.1) is 16.0 Å². The van der Waals surface area contributed by atoms with Gasteiger partial charge in [-0.15, -0.1) is 0 Å². The maximum Gasteiger partial charge on any atom is 0.417 e. The van der Waals surface area contributed by atoms with Gasteiger partial charge >= 0.3 is 6.18 Å². The summed E-state index contributed by atoms with van der Waals surface area (Å²) in [6.45, 7) is 4.67. The van der Waals surface area contributed by atoms with Gasteiger partial charge in [0.1, 0.15) is 17.8 Å². The Kier molecular flexibility index (Phi) is 8.02. The number of piperidine rings is 1. The number of aromatic nitrogens is 4. The van der Waals surface area contributed by atoms with E-state index < -0.39 is 22.5 Å². The fourth-order valence-corrected chi connectivity index (χ4v) is 5.20. The summed E-state index contributed by atoms with van der Waals surface area (Å²) in [5.74, 6) is 6.56. The number of benzene rings is 2. The number of aryl methyl sites for hydroxylation is 1. The number of nitrogens with zero attached hydrogens (tertiary/aromatic N) is 5. The van der Waals surface area contributed by atoms with E-state index in [9.17, 15) is 18.0 Å². The molecule has 0 radical (unpaired) electrons. The van der Waals surface area contributed by atoms with E-state index in [0.29, 0.717) is 46.1 Å². The fourth-order valence-electron chi connectivity index (χ4n) is 4.98. The minimum atomic E-state index is -4.65. The fraction of sp³-hybridized carbons (Fsp3) is 0.333. The van der Waals surface area contributed by atoms with Crippen LogP contribution in [-0.2, 0) is 19.1 Å². The zero-order valence-corrected chi connectivity index (χ0v) is 23.4. The van der Waals surface area contributed by atoms with E-state index in [4.69, 9.17) is 22.4 Å². The third kappa shape index (κ3) is 6.37. The van der Waals surface area contributed by atoms with Crippen molar-refractivity contribution in [3.8, 4) is 11.8 Å². The standard InChI is InChI=1S/C30H28ClF3N6O/c1-18-3-4-20(14-26(41)22-5-7-24(31)23(15-22)30(32,33)34)13-21(18)6-8-25-27-28(35)36-17-37-29(27)40(38-25)16-19-9-11-39(2)12-10-19/h3-5,7,13,15,17,19H,9-12,14,16H2,1-2H3,(H2,35,36,37). The third-order valence-electron chi connectivity index (χ3n) is 7.40. The van der Waals surface area contributed by atoms with Crippen LogP contribution in [0.5, 0.6) is 0 Å². The lowest BCUT2D eigenvalue weighted by Gasteiger charge is -2.28. The Balaban J connectivity index is 1.41. The van der Waals surface area contributed by atoms with E-state index in [0.717, 1.165) is 43.6 Å². The summed E-state index contributed by atoms with van der Waals surface area (Å²) >= 11 is 5.70. The number of ketones is 1. The normalized spacial score (nSPS) is 14.7. The lowest BCUT2D eigenvalue weighted by molar-refractivity contribution is -0.137. The largest absolute Gasteiger partial charge is 0.417 e. The first kappa shape index (κ1) is 28.6. The number of fused-ring (bicyclic) bond motifs is 1. The van der Waals surface area contributed by atoms with Crippen LogP contribution < -0.4 is 5.73 Å². The Morgan fingerprint density at radius 1 is 1.12 bits per heavy atom. The number of Topliss-reactive ketones (excluding diaryl/α,β-unsaturated/α-hetero) is 1. The van der Waals surface area contributed by atoms with Crippen molar-refractivity contribution >= 4 is 34.2 Å². The van der Waals surface area contributed by atoms with E-state index in [1.165, 1.54) is 12.4 Å². The van der Waals surface area contributed by atoms with Crippen molar-refractivity contribution in [2.45, 2.75) is 38.9 Å². The Bertz CT molecular complexity index is 1680. The second kappa shape index (κ2) is 11.5. The van der Waals surface area contributed by atoms with Gasteiger partial charge in [-0.2, -0.15) is 18.3 Å². The number of nitrogen functional groups attached to an aromatic ring is 1. The van der Waals surface area contributed by atoms with Crippen LogP contribution in [0.1, 0.15) is 51.1 Å². The molecular formula is C30H28ClF3N6O. The van der Waals surface area contributed by atoms with Crippen molar-refractivity contribution in [2.75, 3.05) is 25.9 Å². The Morgan fingerprint density at radius 2 is 1.88 bits per heavy atom. The average molecular weight is 581 g/mol. The van der Waals surface area contributed by atoms with Crippen LogP contribution in [0.15, 0.2) is 42.7 Å². The van der Waals surface area contributed by atoms with E-state index in [-0.39, 0.29) is 12.0 Å². The summed E-state index contributed by atoms with van der Waals surface area (Å²) in [4.78, 5) is 23.7. The molecule has 7 nitrogen and oxygen atoms in total. The number of hydrogen-bond acceptors (Lipinski definition) is 6. The van der Waals surface area contributed by atoms with Crippen molar-refractivity contribution in [2.24, 2.45) is 5.92 Å². The van der Waals surface area contributed by atoms with Crippen LogP contribution in [0.25, 0.3) is 11.0 Å². The first-order valence-electron chi connectivity index (χ1n) is 13.2. The van der Waals surface area contributed by atoms with Gasteiger partial charge in [0, 0.05) is 24.1 Å². The lowest BCUT2D eigenvalue weighted by Crippen LogP contribution is -2.32.